The van der Waals surface area contributed by atoms with Crippen LogP contribution >= 0.6 is 34.5 Å². The summed E-state index contributed by atoms with van der Waals surface area (Å²) >= 11 is 14.2. The molecule has 1 atom stereocenters. The van der Waals surface area contributed by atoms with Crippen molar-refractivity contribution in [1.29, 1.82) is 0 Å². The Labute approximate surface area is 201 Å². The summed E-state index contributed by atoms with van der Waals surface area (Å²) < 4.78 is 30.8. The lowest BCUT2D eigenvalue weighted by atomic mass is 10.1. The van der Waals surface area contributed by atoms with Crippen molar-refractivity contribution in [1.82, 2.24) is 4.90 Å². The quantitative estimate of drug-likeness (QED) is 0.400. The van der Waals surface area contributed by atoms with E-state index in [1.165, 1.54) is 11.3 Å². The van der Waals surface area contributed by atoms with Gasteiger partial charge in [-0.3, -0.25) is 4.79 Å². The summed E-state index contributed by atoms with van der Waals surface area (Å²) in [4.78, 5) is 15.7. The van der Waals surface area contributed by atoms with Crippen molar-refractivity contribution in [3.05, 3.63) is 63.0 Å². The number of rotatable bonds is 7. The Morgan fingerprint density at radius 1 is 1.19 bits per heavy atom. The van der Waals surface area contributed by atoms with Gasteiger partial charge in [0.25, 0.3) is 5.91 Å². The van der Waals surface area contributed by atoms with Gasteiger partial charge in [-0.25, -0.2) is 8.42 Å². The van der Waals surface area contributed by atoms with Crippen molar-refractivity contribution >= 4 is 60.4 Å². The number of fused-ring (bicyclic) bond motifs is 1. The third-order valence-corrected chi connectivity index (χ3v) is 9.16. The van der Waals surface area contributed by atoms with Gasteiger partial charge in [-0.1, -0.05) is 48.3 Å². The largest absolute Gasteiger partial charge is 0.494 e. The van der Waals surface area contributed by atoms with E-state index in [2.05, 4.69) is 0 Å². The van der Waals surface area contributed by atoms with Crippen LogP contribution in [0.3, 0.4) is 0 Å². The van der Waals surface area contributed by atoms with Crippen LogP contribution in [0.25, 0.3) is 10.1 Å². The molecule has 1 aliphatic rings. The Morgan fingerprint density at radius 3 is 2.56 bits per heavy atom. The number of carbonyl (C=O) groups excluding carboxylic acids is 1. The maximum atomic E-state index is 13.6. The summed E-state index contributed by atoms with van der Waals surface area (Å²) in [5.74, 6) is 0.525. The van der Waals surface area contributed by atoms with Gasteiger partial charge in [0.1, 0.15) is 10.6 Å². The second-order valence-corrected chi connectivity index (χ2v) is 11.9. The van der Waals surface area contributed by atoms with E-state index in [4.69, 9.17) is 27.9 Å². The Morgan fingerprint density at radius 2 is 1.94 bits per heavy atom. The highest BCUT2D eigenvalue weighted by molar-refractivity contribution is 7.91. The maximum Gasteiger partial charge on any atom is 0.266 e. The number of hydrogen-bond acceptors (Lipinski definition) is 5. The molecule has 32 heavy (non-hydrogen) atoms. The zero-order valence-corrected chi connectivity index (χ0v) is 20.7. The van der Waals surface area contributed by atoms with Crippen molar-refractivity contribution < 1.29 is 17.9 Å². The van der Waals surface area contributed by atoms with Crippen LogP contribution in [0.1, 0.15) is 35.0 Å². The molecule has 1 amide bonds. The number of amides is 1. The topological polar surface area (TPSA) is 63.7 Å². The first-order valence-electron chi connectivity index (χ1n) is 10.4. The molecular weight excluding hydrogens is 489 g/mol. The summed E-state index contributed by atoms with van der Waals surface area (Å²) in [6.07, 6.45) is 1.33. The fourth-order valence-corrected chi connectivity index (χ4v) is 7.47. The van der Waals surface area contributed by atoms with E-state index in [0.29, 0.717) is 33.3 Å². The molecule has 0 radical (unpaired) electrons. The summed E-state index contributed by atoms with van der Waals surface area (Å²) in [6, 6.07) is 12.6. The summed E-state index contributed by atoms with van der Waals surface area (Å²) in [7, 11) is -3.17. The first-order chi connectivity index (χ1) is 15.3. The van der Waals surface area contributed by atoms with Crippen LogP contribution in [0.15, 0.2) is 42.5 Å². The minimum Gasteiger partial charge on any atom is -0.494 e. The Hall–Kier alpha value is -1.80. The highest BCUT2D eigenvalue weighted by Gasteiger charge is 2.36. The number of hydrogen-bond donors (Lipinski definition) is 0. The highest BCUT2D eigenvalue weighted by atomic mass is 35.5. The fourth-order valence-electron chi connectivity index (χ4n) is 3.83. The van der Waals surface area contributed by atoms with Crippen LogP contribution in [0.4, 0.5) is 0 Å². The van der Waals surface area contributed by atoms with E-state index in [1.54, 1.807) is 11.0 Å². The van der Waals surface area contributed by atoms with Gasteiger partial charge < -0.3 is 9.64 Å². The number of halogens is 2. The van der Waals surface area contributed by atoms with Gasteiger partial charge in [-0.15, -0.1) is 11.3 Å². The zero-order valence-electron chi connectivity index (χ0n) is 17.5. The average Bonchev–Trinajstić information content (AvgIpc) is 3.30. The van der Waals surface area contributed by atoms with Gasteiger partial charge in [-0.05, 0) is 42.7 Å². The minimum atomic E-state index is -3.17. The highest BCUT2D eigenvalue weighted by Crippen LogP contribution is 2.40. The van der Waals surface area contributed by atoms with Gasteiger partial charge in [0.15, 0.2) is 9.84 Å². The number of benzene rings is 2. The van der Waals surface area contributed by atoms with Gasteiger partial charge in [0, 0.05) is 22.7 Å². The number of thiophene rings is 1. The molecule has 0 aliphatic carbocycles. The molecule has 3 aromatic rings. The molecule has 1 aliphatic heterocycles. The Bertz CT molecular complexity index is 1240. The number of sulfone groups is 1. The smallest absolute Gasteiger partial charge is 0.266 e. The SMILES string of the molecule is CCCOc1ccc(CN(C(=O)c2sc3cccc(Cl)c3c2Cl)C2CCS(=O)(=O)C2)cc1. The van der Waals surface area contributed by atoms with Gasteiger partial charge >= 0.3 is 0 Å². The van der Waals surface area contributed by atoms with E-state index in [1.807, 2.05) is 43.3 Å². The first kappa shape index (κ1) is 23.4. The predicted molar refractivity (Wildman–Crippen MR) is 131 cm³/mol. The van der Waals surface area contributed by atoms with E-state index in [-0.39, 0.29) is 24.0 Å². The fraction of sp³-hybridized carbons (Fsp3) is 0.348. The van der Waals surface area contributed by atoms with Crippen LogP contribution in [-0.4, -0.2) is 43.4 Å². The second-order valence-electron chi connectivity index (χ2n) is 7.84. The molecule has 170 valence electrons. The van der Waals surface area contributed by atoms with E-state index in [0.717, 1.165) is 22.4 Å². The van der Waals surface area contributed by atoms with Crippen molar-refractivity contribution in [2.24, 2.45) is 0 Å². The molecule has 4 rings (SSSR count). The molecule has 1 saturated heterocycles. The number of ether oxygens (including phenoxy) is 1. The van der Waals surface area contributed by atoms with Crippen molar-refractivity contribution in [3.63, 3.8) is 0 Å². The third-order valence-electron chi connectivity index (χ3n) is 5.46. The molecular formula is C23H23Cl2NO4S2. The second kappa shape index (κ2) is 9.59. The molecule has 1 aromatic heterocycles. The monoisotopic (exact) mass is 511 g/mol. The van der Waals surface area contributed by atoms with Crippen LogP contribution in [0.2, 0.25) is 10.0 Å². The number of nitrogens with zero attached hydrogens (tertiary/aromatic N) is 1. The van der Waals surface area contributed by atoms with Crippen LogP contribution in [0, 0.1) is 0 Å². The lowest BCUT2D eigenvalue weighted by Gasteiger charge is -2.28. The van der Waals surface area contributed by atoms with Crippen LogP contribution in [0.5, 0.6) is 5.75 Å². The molecule has 0 N–H and O–H groups in total. The molecule has 5 nitrogen and oxygen atoms in total. The average molecular weight is 512 g/mol. The van der Waals surface area contributed by atoms with Gasteiger partial charge in [-0.2, -0.15) is 0 Å². The predicted octanol–water partition coefficient (Wildman–Crippen LogP) is 5.83. The molecule has 1 fully saturated rings. The van der Waals surface area contributed by atoms with Crippen molar-refractivity contribution in [2.45, 2.75) is 32.4 Å². The van der Waals surface area contributed by atoms with Crippen molar-refractivity contribution in [2.75, 3.05) is 18.1 Å². The summed E-state index contributed by atoms with van der Waals surface area (Å²) in [5.41, 5.74) is 0.891. The normalized spacial score (nSPS) is 17.5. The van der Waals surface area contributed by atoms with Crippen LogP contribution in [-0.2, 0) is 16.4 Å². The lowest BCUT2D eigenvalue weighted by Crippen LogP contribution is -2.40. The van der Waals surface area contributed by atoms with Gasteiger partial charge in [0.2, 0.25) is 0 Å². The van der Waals surface area contributed by atoms with Crippen LogP contribution < -0.4 is 4.74 Å². The molecule has 9 heteroatoms. The molecule has 2 aromatic carbocycles. The summed E-state index contributed by atoms with van der Waals surface area (Å²) in [5, 5.41) is 1.45. The molecule has 2 heterocycles. The number of carbonyl (C=O) groups is 1. The molecule has 0 saturated carbocycles. The third kappa shape index (κ3) is 4.91. The lowest BCUT2D eigenvalue weighted by molar-refractivity contribution is 0.0686. The first-order valence-corrected chi connectivity index (χ1v) is 13.8. The van der Waals surface area contributed by atoms with Gasteiger partial charge in [0.05, 0.1) is 28.2 Å². The Kier molecular flexibility index (Phi) is 7.00. The standard InChI is InChI=1S/C23H23Cl2NO4S2/c1-2-11-30-17-8-6-15(7-9-17)13-26(16-10-12-32(28,29)14-16)23(27)22-21(25)20-18(24)4-3-5-19(20)31-22/h3-9,16H,2,10-14H2,1H3. The van der Waals surface area contributed by atoms with Crippen molar-refractivity contribution in [3.8, 4) is 5.75 Å². The van der Waals surface area contributed by atoms with E-state index >= 15 is 0 Å². The zero-order chi connectivity index (χ0) is 22.9. The molecule has 1 unspecified atom stereocenters. The van der Waals surface area contributed by atoms with E-state index in [9.17, 15) is 13.2 Å². The Balaban J connectivity index is 1.66. The molecule has 0 bridgehead atoms. The summed E-state index contributed by atoms with van der Waals surface area (Å²) in [6.45, 7) is 2.96. The minimum absolute atomic E-state index is 0.0420. The van der Waals surface area contributed by atoms with E-state index < -0.39 is 15.9 Å². The maximum absolute atomic E-state index is 13.6. The molecule has 0 spiro atoms.